The summed E-state index contributed by atoms with van der Waals surface area (Å²) in [5.41, 5.74) is -0.0650. The molecule has 0 radical (unpaired) electrons. The fourth-order valence-corrected chi connectivity index (χ4v) is 2.95. The zero-order valence-corrected chi connectivity index (χ0v) is 12.8. The van der Waals surface area contributed by atoms with E-state index in [9.17, 15) is 18.4 Å². The molecule has 1 fully saturated rings. The number of piperazine rings is 1. The SMILES string of the molecule is CCN1CCN(C(C#N)c2ccc(C(F)(F)F)cc2)CC1C. The van der Waals surface area contributed by atoms with E-state index in [4.69, 9.17) is 0 Å². The van der Waals surface area contributed by atoms with Gasteiger partial charge < -0.3 is 0 Å². The Morgan fingerprint density at radius 3 is 2.36 bits per heavy atom. The van der Waals surface area contributed by atoms with Gasteiger partial charge in [-0.3, -0.25) is 9.80 Å². The lowest BCUT2D eigenvalue weighted by Gasteiger charge is -2.41. The van der Waals surface area contributed by atoms with Gasteiger partial charge in [0.1, 0.15) is 6.04 Å². The van der Waals surface area contributed by atoms with Crippen LogP contribution in [0.3, 0.4) is 0 Å². The third-order valence-electron chi connectivity index (χ3n) is 4.24. The van der Waals surface area contributed by atoms with E-state index in [-0.39, 0.29) is 0 Å². The Morgan fingerprint density at radius 1 is 1.27 bits per heavy atom. The molecule has 0 bridgehead atoms. The van der Waals surface area contributed by atoms with E-state index < -0.39 is 17.8 Å². The van der Waals surface area contributed by atoms with Gasteiger partial charge in [-0.1, -0.05) is 19.1 Å². The molecule has 2 rings (SSSR count). The molecule has 1 aliphatic heterocycles. The molecule has 1 aromatic carbocycles. The van der Waals surface area contributed by atoms with Crippen LogP contribution >= 0.6 is 0 Å². The van der Waals surface area contributed by atoms with E-state index in [1.54, 1.807) is 0 Å². The summed E-state index contributed by atoms with van der Waals surface area (Å²) in [4.78, 5) is 4.37. The van der Waals surface area contributed by atoms with Crippen LogP contribution in [0.2, 0.25) is 0 Å². The summed E-state index contributed by atoms with van der Waals surface area (Å²) < 4.78 is 37.8. The van der Waals surface area contributed by atoms with Gasteiger partial charge in [0.05, 0.1) is 11.6 Å². The Bertz CT molecular complexity index is 533. The fraction of sp³-hybridized carbons (Fsp3) is 0.562. The molecule has 2 atom stereocenters. The molecule has 6 heteroatoms. The standard InChI is InChI=1S/C16H20F3N3/c1-3-21-8-9-22(11-12(21)2)15(10-20)13-4-6-14(7-5-13)16(17,18)19/h4-7,12,15H,3,8-9,11H2,1-2H3. The summed E-state index contributed by atoms with van der Waals surface area (Å²) in [5, 5.41) is 9.44. The lowest BCUT2D eigenvalue weighted by Crippen LogP contribution is -2.52. The predicted octanol–water partition coefficient (Wildman–Crippen LogP) is 3.30. The van der Waals surface area contributed by atoms with Crippen LogP contribution in [-0.2, 0) is 6.18 Å². The van der Waals surface area contributed by atoms with Crippen LogP contribution in [-0.4, -0.2) is 42.0 Å². The molecule has 2 unspecified atom stereocenters. The summed E-state index contributed by atoms with van der Waals surface area (Å²) in [6.07, 6.45) is -4.35. The number of nitrogens with zero attached hydrogens (tertiary/aromatic N) is 3. The van der Waals surface area contributed by atoms with Crippen molar-refractivity contribution in [1.29, 1.82) is 5.26 Å². The second-order valence-corrected chi connectivity index (χ2v) is 5.62. The summed E-state index contributed by atoms with van der Waals surface area (Å²) >= 11 is 0. The Kier molecular flexibility index (Phi) is 5.09. The highest BCUT2D eigenvalue weighted by Gasteiger charge is 2.32. The highest BCUT2D eigenvalue weighted by molar-refractivity contribution is 5.30. The first-order valence-corrected chi connectivity index (χ1v) is 7.41. The van der Waals surface area contributed by atoms with E-state index >= 15 is 0 Å². The van der Waals surface area contributed by atoms with Gasteiger partial charge in [0, 0.05) is 25.7 Å². The van der Waals surface area contributed by atoms with Crippen molar-refractivity contribution in [3.05, 3.63) is 35.4 Å². The Labute approximate surface area is 128 Å². The first-order valence-electron chi connectivity index (χ1n) is 7.41. The summed E-state index contributed by atoms with van der Waals surface area (Å²) in [6.45, 7) is 7.54. The molecular formula is C16H20F3N3. The topological polar surface area (TPSA) is 30.3 Å². The van der Waals surface area contributed by atoms with E-state index in [1.165, 1.54) is 12.1 Å². The number of hydrogen-bond acceptors (Lipinski definition) is 3. The van der Waals surface area contributed by atoms with E-state index in [0.29, 0.717) is 11.6 Å². The van der Waals surface area contributed by atoms with E-state index in [0.717, 1.165) is 38.3 Å². The molecular weight excluding hydrogens is 291 g/mol. The minimum Gasteiger partial charge on any atom is -0.298 e. The first kappa shape index (κ1) is 16.8. The van der Waals surface area contributed by atoms with E-state index in [1.807, 2.05) is 4.90 Å². The van der Waals surface area contributed by atoms with Crippen LogP contribution in [0.1, 0.15) is 31.0 Å². The van der Waals surface area contributed by atoms with Gasteiger partial charge in [-0.05, 0) is 31.2 Å². The molecule has 0 saturated carbocycles. The van der Waals surface area contributed by atoms with E-state index in [2.05, 4.69) is 24.8 Å². The molecule has 0 aliphatic carbocycles. The minimum absolute atomic E-state index is 0.337. The fourth-order valence-electron chi connectivity index (χ4n) is 2.95. The highest BCUT2D eigenvalue weighted by atomic mass is 19.4. The number of nitriles is 1. The van der Waals surface area contributed by atoms with Gasteiger partial charge in [0.2, 0.25) is 0 Å². The maximum Gasteiger partial charge on any atom is 0.416 e. The maximum atomic E-state index is 12.6. The smallest absolute Gasteiger partial charge is 0.298 e. The Balaban J connectivity index is 2.14. The predicted molar refractivity (Wildman–Crippen MR) is 78.1 cm³/mol. The molecule has 1 aliphatic rings. The van der Waals surface area contributed by atoms with Gasteiger partial charge in [0.15, 0.2) is 0 Å². The zero-order valence-electron chi connectivity index (χ0n) is 12.8. The van der Waals surface area contributed by atoms with Crippen molar-refractivity contribution in [2.45, 2.75) is 32.1 Å². The molecule has 1 heterocycles. The molecule has 0 N–H and O–H groups in total. The van der Waals surface area contributed by atoms with Crippen LogP contribution in [0.25, 0.3) is 0 Å². The van der Waals surface area contributed by atoms with Gasteiger partial charge in [-0.25, -0.2) is 0 Å². The number of hydrogen-bond donors (Lipinski definition) is 0. The molecule has 1 aromatic rings. The molecule has 0 amide bonds. The molecule has 22 heavy (non-hydrogen) atoms. The van der Waals surface area contributed by atoms with Gasteiger partial charge >= 0.3 is 6.18 Å². The van der Waals surface area contributed by atoms with Crippen molar-refractivity contribution >= 4 is 0 Å². The third-order valence-corrected chi connectivity index (χ3v) is 4.24. The van der Waals surface area contributed by atoms with Crippen LogP contribution in [0.4, 0.5) is 13.2 Å². The normalized spacial score (nSPS) is 22.3. The average molecular weight is 311 g/mol. The highest BCUT2D eigenvalue weighted by Crippen LogP contribution is 2.31. The van der Waals surface area contributed by atoms with Gasteiger partial charge in [-0.15, -0.1) is 0 Å². The zero-order chi connectivity index (χ0) is 16.3. The molecule has 120 valence electrons. The van der Waals surface area contributed by atoms with Crippen LogP contribution in [0, 0.1) is 11.3 Å². The van der Waals surface area contributed by atoms with Crippen LogP contribution in [0.5, 0.6) is 0 Å². The monoisotopic (exact) mass is 311 g/mol. The summed E-state index contributed by atoms with van der Waals surface area (Å²) in [5.74, 6) is 0. The van der Waals surface area contributed by atoms with Crippen molar-refractivity contribution in [3.63, 3.8) is 0 Å². The van der Waals surface area contributed by atoms with Gasteiger partial charge in [0.25, 0.3) is 0 Å². The van der Waals surface area contributed by atoms with Crippen LogP contribution < -0.4 is 0 Å². The lowest BCUT2D eigenvalue weighted by molar-refractivity contribution is -0.137. The van der Waals surface area contributed by atoms with Crippen molar-refractivity contribution in [2.75, 3.05) is 26.2 Å². The number of rotatable bonds is 3. The molecule has 1 saturated heterocycles. The number of alkyl halides is 3. The van der Waals surface area contributed by atoms with Crippen LogP contribution in [0.15, 0.2) is 24.3 Å². The maximum absolute atomic E-state index is 12.6. The van der Waals surface area contributed by atoms with Crippen molar-refractivity contribution < 1.29 is 13.2 Å². The van der Waals surface area contributed by atoms with Crippen molar-refractivity contribution in [1.82, 2.24) is 9.80 Å². The Hall–Kier alpha value is -1.58. The second-order valence-electron chi connectivity index (χ2n) is 5.62. The number of benzene rings is 1. The molecule has 3 nitrogen and oxygen atoms in total. The average Bonchev–Trinajstić information content (AvgIpc) is 2.48. The number of halogens is 3. The first-order chi connectivity index (χ1) is 10.4. The number of likely N-dealkylation sites (N-methyl/N-ethyl adjacent to an activating group) is 1. The van der Waals surface area contributed by atoms with Crippen molar-refractivity contribution in [3.8, 4) is 6.07 Å². The van der Waals surface area contributed by atoms with Gasteiger partial charge in [-0.2, -0.15) is 18.4 Å². The molecule has 0 spiro atoms. The largest absolute Gasteiger partial charge is 0.416 e. The second kappa shape index (κ2) is 6.67. The third kappa shape index (κ3) is 3.60. The quantitative estimate of drug-likeness (QED) is 0.858. The lowest BCUT2D eigenvalue weighted by atomic mass is 10.0. The minimum atomic E-state index is -4.35. The molecule has 0 aromatic heterocycles. The van der Waals surface area contributed by atoms with Crippen molar-refractivity contribution in [2.24, 2.45) is 0 Å². The summed E-state index contributed by atoms with van der Waals surface area (Å²) in [7, 11) is 0. The summed E-state index contributed by atoms with van der Waals surface area (Å²) in [6, 6.07) is 6.98. The Morgan fingerprint density at radius 2 is 1.91 bits per heavy atom.